The molecule has 8 nitrogen and oxygen atoms in total. The number of hydrogen-bond acceptors (Lipinski definition) is 6. The minimum Gasteiger partial charge on any atom is -0.340 e. The van der Waals surface area contributed by atoms with Crippen LogP contribution in [0.25, 0.3) is 10.9 Å². The van der Waals surface area contributed by atoms with E-state index in [1.165, 1.54) is 0 Å². The molecule has 3 aromatic rings. The quantitative estimate of drug-likeness (QED) is 0.633. The van der Waals surface area contributed by atoms with Gasteiger partial charge >= 0.3 is 0 Å². The number of pyridine rings is 1. The average molecular weight is 367 g/mol. The van der Waals surface area contributed by atoms with Crippen molar-refractivity contribution < 1.29 is 4.79 Å². The van der Waals surface area contributed by atoms with Crippen LogP contribution in [0.2, 0.25) is 0 Å². The SMILES string of the molecule is CC(C)N(C)Cc1nnnn1CC(=O)N(C)Cc1ccnc2ccccc12. The highest BCUT2D eigenvalue weighted by Crippen LogP contribution is 2.17. The highest BCUT2D eigenvalue weighted by atomic mass is 16.2. The molecule has 0 radical (unpaired) electrons. The normalized spacial score (nSPS) is 11.5. The first-order valence-corrected chi connectivity index (χ1v) is 8.97. The minimum absolute atomic E-state index is 0.0448. The van der Waals surface area contributed by atoms with Crippen LogP contribution in [0, 0.1) is 0 Å². The molecule has 0 saturated heterocycles. The van der Waals surface area contributed by atoms with Crippen molar-refractivity contribution in [2.24, 2.45) is 0 Å². The summed E-state index contributed by atoms with van der Waals surface area (Å²) in [5.41, 5.74) is 1.99. The van der Waals surface area contributed by atoms with Gasteiger partial charge in [0.05, 0.1) is 12.1 Å². The number of carbonyl (C=O) groups is 1. The van der Waals surface area contributed by atoms with Gasteiger partial charge in [0, 0.05) is 31.2 Å². The second-order valence-electron chi connectivity index (χ2n) is 7.00. The number of nitrogens with zero attached hydrogens (tertiary/aromatic N) is 7. The topological polar surface area (TPSA) is 80.0 Å². The first kappa shape index (κ1) is 18.9. The Morgan fingerprint density at radius 2 is 1.93 bits per heavy atom. The Kier molecular flexibility index (Phi) is 5.75. The number of amides is 1. The number of fused-ring (bicyclic) bond motifs is 1. The summed E-state index contributed by atoms with van der Waals surface area (Å²) in [4.78, 5) is 20.9. The summed E-state index contributed by atoms with van der Waals surface area (Å²) in [6.45, 7) is 5.42. The van der Waals surface area contributed by atoms with Crippen LogP contribution in [0.1, 0.15) is 25.2 Å². The van der Waals surface area contributed by atoms with Crippen LogP contribution in [-0.4, -0.2) is 61.0 Å². The molecule has 0 saturated carbocycles. The number of likely N-dealkylation sites (N-methyl/N-ethyl adjacent to an activating group) is 1. The smallest absolute Gasteiger partial charge is 0.244 e. The van der Waals surface area contributed by atoms with E-state index >= 15 is 0 Å². The van der Waals surface area contributed by atoms with Crippen molar-refractivity contribution in [2.75, 3.05) is 14.1 Å². The number of rotatable bonds is 7. The third-order valence-corrected chi connectivity index (χ3v) is 4.74. The zero-order chi connectivity index (χ0) is 19.4. The van der Waals surface area contributed by atoms with E-state index in [9.17, 15) is 4.79 Å². The molecule has 3 rings (SSSR count). The summed E-state index contributed by atoms with van der Waals surface area (Å²) >= 11 is 0. The Morgan fingerprint density at radius 1 is 1.15 bits per heavy atom. The predicted molar refractivity (Wildman–Crippen MR) is 103 cm³/mol. The van der Waals surface area contributed by atoms with Crippen LogP contribution >= 0.6 is 0 Å². The molecule has 0 spiro atoms. The van der Waals surface area contributed by atoms with Gasteiger partial charge in [-0.25, -0.2) is 4.68 Å². The van der Waals surface area contributed by atoms with E-state index in [-0.39, 0.29) is 12.5 Å². The lowest BCUT2D eigenvalue weighted by molar-refractivity contribution is -0.131. The fraction of sp³-hybridized carbons (Fsp3) is 0.421. The summed E-state index contributed by atoms with van der Waals surface area (Å²) in [6, 6.07) is 10.3. The Balaban J connectivity index is 1.69. The van der Waals surface area contributed by atoms with Gasteiger partial charge in [0.15, 0.2) is 5.82 Å². The summed E-state index contributed by atoms with van der Waals surface area (Å²) in [7, 11) is 3.80. The third kappa shape index (κ3) is 4.46. The largest absolute Gasteiger partial charge is 0.340 e. The molecule has 0 aliphatic carbocycles. The zero-order valence-corrected chi connectivity index (χ0v) is 16.2. The van der Waals surface area contributed by atoms with E-state index in [1.807, 2.05) is 37.4 Å². The fourth-order valence-electron chi connectivity index (χ4n) is 2.75. The van der Waals surface area contributed by atoms with Crippen molar-refractivity contribution in [1.29, 1.82) is 0 Å². The molecule has 1 amide bonds. The average Bonchev–Trinajstić information content (AvgIpc) is 3.08. The summed E-state index contributed by atoms with van der Waals surface area (Å²) < 4.78 is 1.57. The first-order chi connectivity index (χ1) is 13.0. The van der Waals surface area contributed by atoms with Crippen LogP contribution in [0.3, 0.4) is 0 Å². The minimum atomic E-state index is -0.0448. The van der Waals surface area contributed by atoms with Gasteiger partial charge in [0.1, 0.15) is 6.54 Å². The van der Waals surface area contributed by atoms with Crippen LogP contribution in [-0.2, 0) is 24.4 Å². The van der Waals surface area contributed by atoms with Crippen molar-refractivity contribution >= 4 is 16.8 Å². The van der Waals surface area contributed by atoms with Crippen molar-refractivity contribution in [3.63, 3.8) is 0 Å². The zero-order valence-electron chi connectivity index (χ0n) is 16.2. The van der Waals surface area contributed by atoms with Crippen molar-refractivity contribution in [3.05, 3.63) is 47.9 Å². The number of para-hydroxylation sites is 1. The molecular formula is C19H25N7O. The molecule has 0 N–H and O–H groups in total. The van der Waals surface area contributed by atoms with E-state index < -0.39 is 0 Å². The monoisotopic (exact) mass is 367 g/mol. The Hall–Kier alpha value is -2.87. The molecule has 142 valence electrons. The van der Waals surface area contributed by atoms with E-state index in [1.54, 1.807) is 22.8 Å². The van der Waals surface area contributed by atoms with Gasteiger partial charge in [-0.05, 0) is 49.0 Å². The van der Waals surface area contributed by atoms with Crippen LogP contribution in [0.15, 0.2) is 36.5 Å². The van der Waals surface area contributed by atoms with Crippen molar-refractivity contribution in [3.8, 4) is 0 Å². The lowest BCUT2D eigenvalue weighted by Crippen LogP contribution is -2.32. The molecule has 2 heterocycles. The fourth-order valence-corrected chi connectivity index (χ4v) is 2.75. The molecule has 27 heavy (non-hydrogen) atoms. The van der Waals surface area contributed by atoms with Gasteiger partial charge in [-0.15, -0.1) is 5.10 Å². The number of aromatic nitrogens is 5. The van der Waals surface area contributed by atoms with Gasteiger partial charge in [-0.3, -0.25) is 14.7 Å². The van der Waals surface area contributed by atoms with E-state index in [0.29, 0.717) is 25.0 Å². The highest BCUT2D eigenvalue weighted by Gasteiger charge is 2.17. The van der Waals surface area contributed by atoms with Crippen molar-refractivity contribution in [1.82, 2.24) is 35.0 Å². The van der Waals surface area contributed by atoms with Gasteiger partial charge in [0.2, 0.25) is 5.91 Å². The molecular weight excluding hydrogens is 342 g/mol. The molecule has 0 fully saturated rings. The van der Waals surface area contributed by atoms with Gasteiger partial charge in [-0.1, -0.05) is 18.2 Å². The Morgan fingerprint density at radius 3 is 2.70 bits per heavy atom. The molecule has 0 atom stereocenters. The molecule has 0 aliphatic heterocycles. The molecule has 0 unspecified atom stereocenters. The third-order valence-electron chi connectivity index (χ3n) is 4.74. The van der Waals surface area contributed by atoms with E-state index in [2.05, 4.69) is 39.3 Å². The van der Waals surface area contributed by atoms with E-state index in [0.717, 1.165) is 16.5 Å². The lowest BCUT2D eigenvalue weighted by Gasteiger charge is -2.21. The van der Waals surface area contributed by atoms with Crippen LogP contribution < -0.4 is 0 Å². The summed E-state index contributed by atoms with van der Waals surface area (Å²) in [5, 5.41) is 12.8. The molecule has 8 heteroatoms. The second kappa shape index (κ2) is 8.22. The van der Waals surface area contributed by atoms with Crippen LogP contribution in [0.5, 0.6) is 0 Å². The maximum atomic E-state index is 12.7. The Labute approximate surface area is 158 Å². The predicted octanol–water partition coefficient (Wildman–Crippen LogP) is 1.72. The van der Waals surface area contributed by atoms with Crippen LogP contribution in [0.4, 0.5) is 0 Å². The summed E-state index contributed by atoms with van der Waals surface area (Å²) in [6.07, 6.45) is 1.77. The molecule has 2 aromatic heterocycles. The highest BCUT2D eigenvalue weighted by molar-refractivity contribution is 5.82. The Bertz CT molecular complexity index is 916. The van der Waals surface area contributed by atoms with Crippen molar-refractivity contribution in [2.45, 2.75) is 39.5 Å². The van der Waals surface area contributed by atoms with Gasteiger partial charge < -0.3 is 4.90 Å². The van der Waals surface area contributed by atoms with E-state index in [4.69, 9.17) is 0 Å². The first-order valence-electron chi connectivity index (χ1n) is 8.97. The number of benzene rings is 1. The number of hydrogen-bond donors (Lipinski definition) is 0. The molecule has 0 bridgehead atoms. The maximum absolute atomic E-state index is 12.7. The van der Waals surface area contributed by atoms with Gasteiger partial charge in [0.25, 0.3) is 0 Å². The summed E-state index contributed by atoms with van der Waals surface area (Å²) in [5.74, 6) is 0.638. The number of carbonyl (C=O) groups excluding carboxylic acids is 1. The van der Waals surface area contributed by atoms with Gasteiger partial charge in [-0.2, -0.15) is 0 Å². The lowest BCUT2D eigenvalue weighted by atomic mass is 10.1. The second-order valence-corrected chi connectivity index (χ2v) is 7.00. The standard InChI is InChI=1S/C19H25N7O/c1-14(2)24(3)12-18-21-22-23-26(18)13-19(27)25(4)11-15-9-10-20-17-8-6-5-7-16(15)17/h5-10,14H,11-13H2,1-4H3. The molecule has 1 aromatic carbocycles. The number of tetrazole rings is 1. The molecule has 0 aliphatic rings. The maximum Gasteiger partial charge on any atom is 0.244 e.